The minimum atomic E-state index is -0.0277. The third kappa shape index (κ3) is 5.40. The Bertz CT molecular complexity index is 769. The fraction of sp³-hybridized carbons (Fsp3) is 0.381. The standard InChI is InChI=1S/C21H26N2O3S/c1-3-23(14-16-15-25-18-9-5-6-10-19(18)26-16)13-12-21(24)22-17-8-4-7-11-20(17)27-2/h4-11,16H,3,12-15H2,1-2H3,(H,22,24). The highest BCUT2D eigenvalue weighted by atomic mass is 32.2. The van der Waals surface area contributed by atoms with Gasteiger partial charge in [0.05, 0.1) is 5.69 Å². The fourth-order valence-corrected chi connectivity index (χ4v) is 3.59. The number of likely N-dealkylation sites (N-methyl/N-ethyl adjacent to an activating group) is 1. The number of hydrogen-bond acceptors (Lipinski definition) is 5. The van der Waals surface area contributed by atoms with E-state index in [1.165, 1.54) is 0 Å². The molecule has 3 rings (SSSR count). The van der Waals surface area contributed by atoms with Crippen LogP contribution in [0.3, 0.4) is 0 Å². The van der Waals surface area contributed by atoms with Crippen molar-refractivity contribution in [3.05, 3.63) is 48.5 Å². The fourth-order valence-electron chi connectivity index (χ4n) is 3.04. The van der Waals surface area contributed by atoms with Gasteiger partial charge in [0.15, 0.2) is 11.5 Å². The summed E-state index contributed by atoms with van der Waals surface area (Å²) in [7, 11) is 0. The number of amides is 1. The number of benzene rings is 2. The van der Waals surface area contributed by atoms with E-state index >= 15 is 0 Å². The molecule has 1 aliphatic heterocycles. The Morgan fingerprint density at radius 1 is 1.19 bits per heavy atom. The number of para-hydroxylation sites is 3. The van der Waals surface area contributed by atoms with Gasteiger partial charge >= 0.3 is 0 Å². The highest BCUT2D eigenvalue weighted by molar-refractivity contribution is 7.98. The average Bonchev–Trinajstić information content (AvgIpc) is 2.71. The summed E-state index contributed by atoms with van der Waals surface area (Å²) in [6, 6.07) is 15.6. The molecule has 2 aromatic carbocycles. The number of carbonyl (C=O) groups excluding carboxylic acids is 1. The predicted octanol–water partition coefficient (Wildman–Crippen LogP) is 3.90. The smallest absolute Gasteiger partial charge is 0.225 e. The maximum absolute atomic E-state index is 12.4. The third-order valence-electron chi connectivity index (χ3n) is 4.51. The maximum atomic E-state index is 12.4. The number of thioether (sulfide) groups is 1. The van der Waals surface area contributed by atoms with Crippen molar-refractivity contribution in [2.75, 3.05) is 37.8 Å². The number of rotatable bonds is 8. The molecule has 0 spiro atoms. The first-order valence-corrected chi connectivity index (χ1v) is 10.5. The summed E-state index contributed by atoms with van der Waals surface area (Å²) >= 11 is 1.63. The molecule has 1 unspecified atom stereocenters. The predicted molar refractivity (Wildman–Crippen MR) is 110 cm³/mol. The lowest BCUT2D eigenvalue weighted by Gasteiger charge is -2.30. The van der Waals surface area contributed by atoms with Crippen LogP contribution in [0.25, 0.3) is 0 Å². The Balaban J connectivity index is 1.48. The van der Waals surface area contributed by atoms with Gasteiger partial charge in [-0.3, -0.25) is 9.69 Å². The molecule has 0 bridgehead atoms. The van der Waals surface area contributed by atoms with Gasteiger partial charge in [-0.2, -0.15) is 0 Å². The van der Waals surface area contributed by atoms with Crippen molar-refractivity contribution in [1.82, 2.24) is 4.90 Å². The molecular formula is C21H26N2O3S. The summed E-state index contributed by atoms with van der Waals surface area (Å²) in [6.07, 6.45) is 2.43. The number of carbonyl (C=O) groups is 1. The Morgan fingerprint density at radius 2 is 1.93 bits per heavy atom. The molecule has 5 nitrogen and oxygen atoms in total. The van der Waals surface area contributed by atoms with Crippen molar-refractivity contribution in [3.8, 4) is 11.5 Å². The topological polar surface area (TPSA) is 50.8 Å². The van der Waals surface area contributed by atoms with Crippen LogP contribution in [-0.2, 0) is 4.79 Å². The number of hydrogen-bond donors (Lipinski definition) is 1. The largest absolute Gasteiger partial charge is 0.486 e. The number of nitrogens with one attached hydrogen (secondary N) is 1. The van der Waals surface area contributed by atoms with Crippen LogP contribution in [0.4, 0.5) is 5.69 Å². The van der Waals surface area contributed by atoms with E-state index in [1.54, 1.807) is 11.8 Å². The number of ether oxygens (including phenoxy) is 2. The second-order valence-electron chi connectivity index (χ2n) is 6.39. The summed E-state index contributed by atoms with van der Waals surface area (Å²) in [4.78, 5) is 15.7. The van der Waals surface area contributed by atoms with Gasteiger partial charge in [0.2, 0.25) is 5.91 Å². The van der Waals surface area contributed by atoms with Crippen molar-refractivity contribution in [1.29, 1.82) is 0 Å². The van der Waals surface area contributed by atoms with Gasteiger partial charge in [0.25, 0.3) is 0 Å². The molecule has 0 aliphatic carbocycles. The van der Waals surface area contributed by atoms with E-state index in [-0.39, 0.29) is 12.0 Å². The van der Waals surface area contributed by atoms with Gasteiger partial charge in [-0.15, -0.1) is 11.8 Å². The zero-order valence-corrected chi connectivity index (χ0v) is 16.6. The van der Waals surface area contributed by atoms with Crippen LogP contribution in [0, 0.1) is 0 Å². The van der Waals surface area contributed by atoms with Crippen LogP contribution in [0.2, 0.25) is 0 Å². The quantitative estimate of drug-likeness (QED) is 0.698. The maximum Gasteiger partial charge on any atom is 0.225 e. The first-order chi connectivity index (χ1) is 13.2. The van der Waals surface area contributed by atoms with Crippen molar-refractivity contribution in [2.24, 2.45) is 0 Å². The molecule has 144 valence electrons. The lowest BCUT2D eigenvalue weighted by molar-refractivity contribution is -0.116. The lowest BCUT2D eigenvalue weighted by atomic mass is 10.2. The Hall–Kier alpha value is -2.18. The zero-order chi connectivity index (χ0) is 19.1. The van der Waals surface area contributed by atoms with Crippen LogP contribution in [0.5, 0.6) is 11.5 Å². The van der Waals surface area contributed by atoms with Crippen molar-refractivity contribution >= 4 is 23.4 Å². The second kappa shape index (κ2) is 9.67. The molecule has 0 saturated carbocycles. The summed E-state index contributed by atoms with van der Waals surface area (Å²) in [5.41, 5.74) is 0.874. The molecule has 1 atom stereocenters. The van der Waals surface area contributed by atoms with Crippen molar-refractivity contribution in [3.63, 3.8) is 0 Å². The number of nitrogens with zero attached hydrogens (tertiary/aromatic N) is 1. The molecule has 2 aromatic rings. The van der Waals surface area contributed by atoms with Gasteiger partial charge in [-0.1, -0.05) is 31.2 Å². The molecule has 6 heteroatoms. The molecule has 1 aliphatic rings. The minimum absolute atomic E-state index is 0.0277. The number of anilines is 1. The molecular weight excluding hydrogens is 360 g/mol. The van der Waals surface area contributed by atoms with Crippen LogP contribution in [-0.4, -0.2) is 49.4 Å². The highest BCUT2D eigenvalue weighted by Gasteiger charge is 2.22. The van der Waals surface area contributed by atoms with E-state index in [2.05, 4.69) is 17.1 Å². The highest BCUT2D eigenvalue weighted by Crippen LogP contribution is 2.31. The van der Waals surface area contributed by atoms with Gasteiger partial charge in [0, 0.05) is 24.4 Å². The minimum Gasteiger partial charge on any atom is -0.486 e. The molecule has 27 heavy (non-hydrogen) atoms. The summed E-state index contributed by atoms with van der Waals surface area (Å²) in [6.45, 7) is 4.90. The van der Waals surface area contributed by atoms with Crippen LogP contribution in [0.1, 0.15) is 13.3 Å². The molecule has 0 aromatic heterocycles. The van der Waals surface area contributed by atoms with Gasteiger partial charge in [-0.05, 0) is 37.1 Å². The van der Waals surface area contributed by atoms with E-state index in [1.807, 2.05) is 54.8 Å². The van der Waals surface area contributed by atoms with Gasteiger partial charge < -0.3 is 14.8 Å². The van der Waals surface area contributed by atoms with Crippen LogP contribution >= 0.6 is 11.8 Å². The van der Waals surface area contributed by atoms with Crippen LogP contribution < -0.4 is 14.8 Å². The van der Waals surface area contributed by atoms with Crippen LogP contribution in [0.15, 0.2) is 53.4 Å². The molecule has 0 fully saturated rings. The Kier molecular flexibility index (Phi) is 7.01. The first-order valence-electron chi connectivity index (χ1n) is 9.23. The van der Waals surface area contributed by atoms with Crippen molar-refractivity contribution in [2.45, 2.75) is 24.3 Å². The Labute approximate surface area is 165 Å². The summed E-state index contributed by atoms with van der Waals surface area (Å²) in [5, 5.41) is 3.02. The van der Waals surface area contributed by atoms with E-state index in [0.717, 1.165) is 35.2 Å². The third-order valence-corrected chi connectivity index (χ3v) is 5.31. The normalized spacial score (nSPS) is 15.6. The van der Waals surface area contributed by atoms with E-state index < -0.39 is 0 Å². The van der Waals surface area contributed by atoms with E-state index in [4.69, 9.17) is 9.47 Å². The summed E-state index contributed by atoms with van der Waals surface area (Å²) in [5.74, 6) is 1.61. The molecule has 0 radical (unpaired) electrons. The zero-order valence-electron chi connectivity index (χ0n) is 15.8. The first kappa shape index (κ1) is 19.6. The average molecular weight is 387 g/mol. The van der Waals surface area contributed by atoms with E-state index in [9.17, 15) is 4.79 Å². The second-order valence-corrected chi connectivity index (χ2v) is 7.24. The molecule has 1 N–H and O–H groups in total. The Morgan fingerprint density at radius 3 is 2.70 bits per heavy atom. The van der Waals surface area contributed by atoms with Gasteiger partial charge in [-0.25, -0.2) is 0 Å². The monoisotopic (exact) mass is 386 g/mol. The lowest BCUT2D eigenvalue weighted by Crippen LogP contribution is -2.41. The number of fused-ring (bicyclic) bond motifs is 1. The van der Waals surface area contributed by atoms with E-state index in [0.29, 0.717) is 19.6 Å². The molecule has 1 heterocycles. The van der Waals surface area contributed by atoms with Crippen molar-refractivity contribution < 1.29 is 14.3 Å². The molecule has 0 saturated heterocycles. The summed E-state index contributed by atoms with van der Waals surface area (Å²) < 4.78 is 11.8. The van der Waals surface area contributed by atoms with Gasteiger partial charge in [0.1, 0.15) is 12.7 Å². The molecule has 1 amide bonds. The SMILES string of the molecule is CCN(CCC(=O)Nc1ccccc1SC)CC1COc2ccccc2O1.